The van der Waals surface area contributed by atoms with Crippen molar-refractivity contribution in [2.75, 3.05) is 46.9 Å². The van der Waals surface area contributed by atoms with Crippen LogP contribution in [0.5, 0.6) is 5.75 Å². The fourth-order valence-corrected chi connectivity index (χ4v) is 3.12. The predicted molar refractivity (Wildman–Crippen MR) is 114 cm³/mol. The third kappa shape index (κ3) is 7.03. The van der Waals surface area contributed by atoms with Gasteiger partial charge in [-0.2, -0.15) is 0 Å². The first-order valence-electron chi connectivity index (χ1n) is 10.2. The van der Waals surface area contributed by atoms with E-state index >= 15 is 0 Å². The standard InChI is InChI=1S/C21H35N5O2/c1-5-20(27)26-12-11-18(16-26)24-21(22-6-2)23-15-17-9-7-8-10-19(17)28-14-13-25(3)4/h7-10,18H,5-6,11-16H2,1-4H3,(H2,22,23,24). The molecule has 1 saturated heterocycles. The molecular weight excluding hydrogens is 354 g/mol. The normalized spacial score (nSPS) is 17.1. The number of aliphatic imine (C=N–C) groups is 1. The second-order valence-electron chi connectivity index (χ2n) is 7.28. The summed E-state index contributed by atoms with van der Waals surface area (Å²) in [6.07, 6.45) is 1.51. The Balaban J connectivity index is 1.96. The minimum atomic E-state index is 0.218. The number of hydrogen-bond acceptors (Lipinski definition) is 4. The minimum Gasteiger partial charge on any atom is -0.492 e. The van der Waals surface area contributed by atoms with Crippen LogP contribution in [0.2, 0.25) is 0 Å². The average molecular weight is 390 g/mol. The van der Waals surface area contributed by atoms with Crippen molar-refractivity contribution in [3.05, 3.63) is 29.8 Å². The molecule has 0 aliphatic carbocycles. The fraction of sp³-hybridized carbons (Fsp3) is 0.619. The molecule has 1 atom stereocenters. The third-order valence-electron chi connectivity index (χ3n) is 4.70. The number of ether oxygens (including phenoxy) is 1. The van der Waals surface area contributed by atoms with Gasteiger partial charge in [-0.3, -0.25) is 4.79 Å². The van der Waals surface area contributed by atoms with Crippen LogP contribution in [-0.4, -0.2) is 74.6 Å². The van der Waals surface area contributed by atoms with Gasteiger partial charge >= 0.3 is 0 Å². The highest BCUT2D eigenvalue weighted by Crippen LogP contribution is 2.19. The topological polar surface area (TPSA) is 69.2 Å². The molecule has 2 N–H and O–H groups in total. The minimum absolute atomic E-state index is 0.218. The molecule has 1 amide bonds. The van der Waals surface area contributed by atoms with E-state index in [0.29, 0.717) is 19.6 Å². The monoisotopic (exact) mass is 389 g/mol. The van der Waals surface area contributed by atoms with Crippen LogP contribution < -0.4 is 15.4 Å². The molecule has 7 heteroatoms. The maximum Gasteiger partial charge on any atom is 0.222 e. The molecule has 1 aromatic rings. The van der Waals surface area contributed by atoms with Gasteiger partial charge in [0.2, 0.25) is 5.91 Å². The molecule has 0 aromatic heterocycles. The number of carbonyl (C=O) groups is 1. The summed E-state index contributed by atoms with van der Waals surface area (Å²) >= 11 is 0. The molecule has 1 heterocycles. The smallest absolute Gasteiger partial charge is 0.222 e. The Morgan fingerprint density at radius 1 is 1.32 bits per heavy atom. The lowest BCUT2D eigenvalue weighted by atomic mass is 10.2. The average Bonchev–Trinajstić information content (AvgIpc) is 3.15. The van der Waals surface area contributed by atoms with Gasteiger partial charge in [-0.1, -0.05) is 25.1 Å². The highest BCUT2D eigenvalue weighted by Gasteiger charge is 2.25. The van der Waals surface area contributed by atoms with Crippen molar-refractivity contribution >= 4 is 11.9 Å². The number of likely N-dealkylation sites (tertiary alicyclic amines) is 1. The molecule has 0 spiro atoms. The number of para-hydroxylation sites is 1. The van der Waals surface area contributed by atoms with Crippen LogP contribution in [0.15, 0.2) is 29.3 Å². The first kappa shape index (κ1) is 22.0. The molecule has 0 bridgehead atoms. The molecule has 1 unspecified atom stereocenters. The van der Waals surface area contributed by atoms with Crippen molar-refractivity contribution in [1.29, 1.82) is 0 Å². The SMILES string of the molecule is CCNC(=NCc1ccccc1OCCN(C)C)NC1CCN(C(=O)CC)C1. The van der Waals surface area contributed by atoms with Crippen LogP contribution in [0.4, 0.5) is 0 Å². The molecule has 28 heavy (non-hydrogen) atoms. The van der Waals surface area contributed by atoms with Crippen molar-refractivity contribution in [2.45, 2.75) is 39.3 Å². The third-order valence-corrected chi connectivity index (χ3v) is 4.70. The Kier molecular flexibility index (Phi) is 9.07. The molecule has 156 valence electrons. The Morgan fingerprint density at radius 2 is 2.11 bits per heavy atom. The second-order valence-corrected chi connectivity index (χ2v) is 7.28. The van der Waals surface area contributed by atoms with Crippen molar-refractivity contribution < 1.29 is 9.53 Å². The number of guanidine groups is 1. The summed E-state index contributed by atoms with van der Waals surface area (Å²) < 4.78 is 5.93. The van der Waals surface area contributed by atoms with Gasteiger partial charge in [0.05, 0.1) is 6.54 Å². The van der Waals surface area contributed by atoms with Crippen LogP contribution in [-0.2, 0) is 11.3 Å². The van der Waals surface area contributed by atoms with E-state index in [2.05, 4.69) is 28.5 Å². The van der Waals surface area contributed by atoms with Gasteiger partial charge in [0, 0.05) is 44.2 Å². The maximum atomic E-state index is 11.9. The van der Waals surface area contributed by atoms with Crippen LogP contribution >= 0.6 is 0 Å². The highest BCUT2D eigenvalue weighted by atomic mass is 16.5. The number of hydrogen-bond donors (Lipinski definition) is 2. The lowest BCUT2D eigenvalue weighted by Gasteiger charge is -2.19. The Labute approximate surface area is 169 Å². The summed E-state index contributed by atoms with van der Waals surface area (Å²) in [5.41, 5.74) is 1.06. The predicted octanol–water partition coefficient (Wildman–Crippen LogP) is 1.69. The van der Waals surface area contributed by atoms with Gasteiger partial charge in [0.15, 0.2) is 5.96 Å². The summed E-state index contributed by atoms with van der Waals surface area (Å²) in [6.45, 7) is 8.36. The number of nitrogens with one attached hydrogen (secondary N) is 2. The van der Waals surface area contributed by atoms with Crippen molar-refractivity contribution in [2.24, 2.45) is 4.99 Å². The molecule has 1 aliphatic rings. The Bertz CT molecular complexity index is 647. The summed E-state index contributed by atoms with van der Waals surface area (Å²) in [5, 5.41) is 6.77. The van der Waals surface area contributed by atoms with Crippen molar-refractivity contribution in [1.82, 2.24) is 20.4 Å². The molecule has 7 nitrogen and oxygen atoms in total. The molecule has 1 fully saturated rings. The van der Waals surface area contributed by atoms with Gasteiger partial charge in [-0.25, -0.2) is 4.99 Å². The zero-order valence-corrected chi connectivity index (χ0v) is 17.7. The van der Waals surface area contributed by atoms with Crippen molar-refractivity contribution in [3.63, 3.8) is 0 Å². The number of amides is 1. The van der Waals surface area contributed by atoms with E-state index in [1.165, 1.54) is 0 Å². The van der Waals surface area contributed by atoms with E-state index < -0.39 is 0 Å². The van der Waals surface area contributed by atoms with E-state index in [0.717, 1.165) is 49.9 Å². The van der Waals surface area contributed by atoms with Gasteiger partial charge in [0.1, 0.15) is 12.4 Å². The lowest BCUT2D eigenvalue weighted by Crippen LogP contribution is -2.45. The first-order chi connectivity index (χ1) is 13.5. The van der Waals surface area contributed by atoms with E-state index in [4.69, 9.17) is 9.73 Å². The summed E-state index contributed by atoms with van der Waals surface area (Å²) in [7, 11) is 4.07. The zero-order chi connectivity index (χ0) is 20.4. The lowest BCUT2D eigenvalue weighted by molar-refractivity contribution is -0.129. The molecule has 1 aromatic carbocycles. The quantitative estimate of drug-likeness (QED) is 0.497. The zero-order valence-electron chi connectivity index (χ0n) is 17.7. The van der Waals surface area contributed by atoms with Crippen LogP contribution in [0.3, 0.4) is 0 Å². The van der Waals surface area contributed by atoms with E-state index in [1.807, 2.05) is 44.1 Å². The van der Waals surface area contributed by atoms with Gasteiger partial charge in [-0.05, 0) is 33.5 Å². The number of benzene rings is 1. The largest absolute Gasteiger partial charge is 0.492 e. The van der Waals surface area contributed by atoms with E-state index in [1.54, 1.807) is 0 Å². The van der Waals surface area contributed by atoms with Crippen LogP contribution in [0, 0.1) is 0 Å². The van der Waals surface area contributed by atoms with E-state index in [9.17, 15) is 4.79 Å². The first-order valence-corrected chi connectivity index (χ1v) is 10.2. The van der Waals surface area contributed by atoms with Gasteiger partial charge < -0.3 is 25.2 Å². The van der Waals surface area contributed by atoms with Gasteiger partial charge in [-0.15, -0.1) is 0 Å². The Hall–Kier alpha value is -2.28. The number of nitrogens with zero attached hydrogens (tertiary/aromatic N) is 3. The molecular formula is C21H35N5O2. The van der Waals surface area contributed by atoms with Crippen molar-refractivity contribution in [3.8, 4) is 5.75 Å². The van der Waals surface area contributed by atoms with E-state index in [-0.39, 0.29) is 11.9 Å². The van der Waals surface area contributed by atoms with Crippen LogP contribution in [0.1, 0.15) is 32.3 Å². The molecule has 2 rings (SSSR count). The maximum absolute atomic E-state index is 11.9. The molecule has 0 radical (unpaired) electrons. The Morgan fingerprint density at radius 3 is 2.82 bits per heavy atom. The number of likely N-dealkylation sites (N-methyl/N-ethyl adjacent to an activating group) is 1. The molecule has 1 aliphatic heterocycles. The second kappa shape index (κ2) is 11.5. The molecule has 0 saturated carbocycles. The number of carbonyl (C=O) groups excluding carboxylic acids is 1. The highest BCUT2D eigenvalue weighted by molar-refractivity contribution is 5.80. The summed E-state index contributed by atoms with van der Waals surface area (Å²) in [6, 6.07) is 8.27. The summed E-state index contributed by atoms with van der Waals surface area (Å²) in [4.78, 5) is 20.6. The van der Waals surface area contributed by atoms with Gasteiger partial charge in [0.25, 0.3) is 0 Å². The summed E-state index contributed by atoms with van der Waals surface area (Å²) in [5.74, 6) is 1.88. The fourth-order valence-electron chi connectivity index (χ4n) is 3.12. The van der Waals surface area contributed by atoms with Crippen LogP contribution in [0.25, 0.3) is 0 Å². The number of rotatable bonds is 9.